The van der Waals surface area contributed by atoms with Crippen LogP contribution in [-0.4, -0.2) is 47.0 Å². The summed E-state index contributed by atoms with van der Waals surface area (Å²) in [5.41, 5.74) is 0.778. The molecule has 1 aromatic carbocycles. The smallest absolute Gasteiger partial charge is 0.323 e. The number of carbonyl (C=O) groups excluding carboxylic acids is 2. The lowest BCUT2D eigenvalue weighted by molar-refractivity contribution is -0.135. The molecule has 5 heteroatoms. The molecule has 2 atom stereocenters. The average molecular weight is 384 g/mol. The van der Waals surface area contributed by atoms with Crippen molar-refractivity contribution in [3.63, 3.8) is 0 Å². The number of carbonyl (C=O) groups is 2. The van der Waals surface area contributed by atoms with Crippen molar-refractivity contribution in [2.24, 2.45) is 11.8 Å². The van der Waals surface area contributed by atoms with E-state index in [1.54, 1.807) is 0 Å². The van der Waals surface area contributed by atoms with Crippen molar-refractivity contribution >= 4 is 11.9 Å². The third-order valence-electron chi connectivity index (χ3n) is 7.23. The maximum absolute atomic E-state index is 13.1. The Morgan fingerprint density at radius 1 is 1.07 bits per heavy atom. The zero-order valence-corrected chi connectivity index (χ0v) is 17.0. The van der Waals surface area contributed by atoms with E-state index in [4.69, 9.17) is 0 Å². The van der Waals surface area contributed by atoms with Crippen LogP contribution in [0.5, 0.6) is 0 Å². The number of hydrogen-bond donors (Lipinski definition) is 1. The number of hydrogen-bond acceptors (Lipinski definition) is 3. The number of likely N-dealkylation sites (tertiary alicyclic amines) is 1. The number of aryl methyl sites for hydroxylation is 1. The van der Waals surface area contributed by atoms with E-state index in [9.17, 15) is 9.59 Å². The molecule has 4 rings (SSSR count). The molecule has 152 valence electrons. The second-order valence-electron chi connectivity index (χ2n) is 9.01. The SMILES string of the molecule is C[C@H]1CCCC[C@]12NC(=O)N(CN1CCC(CCc3ccccc3)CC1)C2=O. The first-order valence-electron chi connectivity index (χ1n) is 11.0. The zero-order valence-electron chi connectivity index (χ0n) is 17.0. The Kier molecular flexibility index (Phi) is 5.72. The summed E-state index contributed by atoms with van der Waals surface area (Å²) in [5.74, 6) is 0.978. The van der Waals surface area contributed by atoms with Crippen LogP contribution < -0.4 is 5.32 Å². The van der Waals surface area contributed by atoms with Crippen molar-refractivity contribution < 1.29 is 9.59 Å². The highest BCUT2D eigenvalue weighted by atomic mass is 16.2. The van der Waals surface area contributed by atoms with Gasteiger partial charge >= 0.3 is 6.03 Å². The van der Waals surface area contributed by atoms with Gasteiger partial charge in [0.05, 0.1) is 6.67 Å². The van der Waals surface area contributed by atoms with Gasteiger partial charge in [0.25, 0.3) is 5.91 Å². The third-order valence-corrected chi connectivity index (χ3v) is 7.23. The molecule has 3 fully saturated rings. The Labute approximate surface area is 168 Å². The van der Waals surface area contributed by atoms with Gasteiger partial charge in [0.1, 0.15) is 5.54 Å². The van der Waals surface area contributed by atoms with E-state index >= 15 is 0 Å². The van der Waals surface area contributed by atoms with Gasteiger partial charge in [-0.2, -0.15) is 0 Å². The van der Waals surface area contributed by atoms with E-state index in [2.05, 4.69) is 47.5 Å². The Bertz CT molecular complexity index is 699. The monoisotopic (exact) mass is 383 g/mol. The maximum atomic E-state index is 13.1. The van der Waals surface area contributed by atoms with Crippen molar-refractivity contribution in [3.05, 3.63) is 35.9 Å². The maximum Gasteiger partial charge on any atom is 0.326 e. The van der Waals surface area contributed by atoms with Crippen molar-refractivity contribution in [2.45, 2.75) is 63.8 Å². The Morgan fingerprint density at radius 3 is 2.54 bits per heavy atom. The zero-order chi connectivity index (χ0) is 19.6. The van der Waals surface area contributed by atoms with Crippen LogP contribution in [0, 0.1) is 11.8 Å². The molecule has 5 nitrogen and oxygen atoms in total. The van der Waals surface area contributed by atoms with Gasteiger partial charge in [-0.05, 0) is 55.9 Å². The van der Waals surface area contributed by atoms with Crippen molar-refractivity contribution in [2.75, 3.05) is 19.8 Å². The first-order valence-corrected chi connectivity index (χ1v) is 11.0. The molecule has 2 heterocycles. The molecular formula is C23H33N3O2. The summed E-state index contributed by atoms with van der Waals surface area (Å²) in [6.07, 6.45) is 8.65. The number of imide groups is 1. The van der Waals surface area contributed by atoms with Crippen LogP contribution in [0.3, 0.4) is 0 Å². The van der Waals surface area contributed by atoms with Gasteiger partial charge < -0.3 is 5.32 Å². The van der Waals surface area contributed by atoms with E-state index in [0.29, 0.717) is 6.67 Å². The largest absolute Gasteiger partial charge is 0.326 e. The van der Waals surface area contributed by atoms with E-state index in [-0.39, 0.29) is 17.9 Å². The van der Waals surface area contributed by atoms with E-state index in [1.807, 2.05) is 0 Å². The second-order valence-corrected chi connectivity index (χ2v) is 9.01. The number of amides is 3. The molecule has 3 amide bonds. The summed E-state index contributed by atoms with van der Waals surface area (Å²) >= 11 is 0. The number of benzene rings is 1. The van der Waals surface area contributed by atoms with E-state index < -0.39 is 5.54 Å². The predicted octanol–water partition coefficient (Wildman–Crippen LogP) is 3.79. The topological polar surface area (TPSA) is 52.7 Å². The second kappa shape index (κ2) is 8.24. The minimum atomic E-state index is -0.636. The lowest BCUT2D eigenvalue weighted by Crippen LogP contribution is -2.54. The number of urea groups is 1. The van der Waals surface area contributed by atoms with Crippen LogP contribution >= 0.6 is 0 Å². The van der Waals surface area contributed by atoms with Crippen LogP contribution in [0.25, 0.3) is 0 Å². The Morgan fingerprint density at radius 2 is 1.82 bits per heavy atom. The fraction of sp³-hybridized carbons (Fsp3) is 0.652. The summed E-state index contributed by atoms with van der Waals surface area (Å²) in [6, 6.07) is 10.5. The minimum Gasteiger partial charge on any atom is -0.323 e. The van der Waals surface area contributed by atoms with Crippen LogP contribution in [0.4, 0.5) is 4.79 Å². The van der Waals surface area contributed by atoms with Crippen LogP contribution in [0.1, 0.15) is 57.4 Å². The van der Waals surface area contributed by atoms with Gasteiger partial charge in [0.15, 0.2) is 0 Å². The molecule has 1 aromatic rings. The summed E-state index contributed by atoms with van der Waals surface area (Å²) in [7, 11) is 0. The number of rotatable bonds is 5. The summed E-state index contributed by atoms with van der Waals surface area (Å²) in [4.78, 5) is 29.4. The van der Waals surface area contributed by atoms with E-state index in [1.165, 1.54) is 16.9 Å². The number of nitrogens with one attached hydrogen (secondary N) is 1. The summed E-state index contributed by atoms with van der Waals surface area (Å²) in [6.45, 7) is 4.50. The Hall–Kier alpha value is -1.88. The van der Waals surface area contributed by atoms with Crippen LogP contribution in [-0.2, 0) is 11.2 Å². The fourth-order valence-corrected chi connectivity index (χ4v) is 5.26. The molecule has 1 saturated carbocycles. The molecule has 0 unspecified atom stereocenters. The molecule has 3 aliphatic rings. The van der Waals surface area contributed by atoms with Gasteiger partial charge in [-0.1, -0.05) is 50.1 Å². The Balaban J connectivity index is 1.28. The molecule has 1 spiro atoms. The van der Waals surface area contributed by atoms with Crippen molar-refractivity contribution in [3.8, 4) is 0 Å². The van der Waals surface area contributed by atoms with Gasteiger partial charge in [0, 0.05) is 13.1 Å². The average Bonchev–Trinajstić information content (AvgIpc) is 2.95. The van der Waals surface area contributed by atoms with Gasteiger partial charge in [-0.3, -0.25) is 9.69 Å². The standard InChI is InChI=1S/C23H33N3O2/c1-18-7-5-6-14-23(18)21(27)26(22(28)24-23)17-25-15-12-20(13-16-25)11-10-19-8-3-2-4-9-19/h2-4,8-9,18,20H,5-7,10-17H2,1H3,(H,24,28)/t18-,23-/m0/s1. The van der Waals surface area contributed by atoms with Crippen LogP contribution in [0.2, 0.25) is 0 Å². The number of nitrogens with zero attached hydrogens (tertiary/aromatic N) is 2. The van der Waals surface area contributed by atoms with Gasteiger partial charge in [0.2, 0.25) is 0 Å². The number of piperidine rings is 1. The molecule has 2 saturated heterocycles. The lowest BCUT2D eigenvalue weighted by Gasteiger charge is -2.37. The molecule has 0 radical (unpaired) electrons. The quantitative estimate of drug-likeness (QED) is 0.787. The summed E-state index contributed by atoms with van der Waals surface area (Å²) in [5, 5.41) is 3.07. The molecule has 0 aromatic heterocycles. The highest BCUT2D eigenvalue weighted by Gasteiger charge is 2.55. The molecule has 1 aliphatic carbocycles. The normalized spacial score (nSPS) is 29.5. The van der Waals surface area contributed by atoms with Crippen molar-refractivity contribution in [1.82, 2.24) is 15.1 Å². The van der Waals surface area contributed by atoms with Crippen molar-refractivity contribution in [1.29, 1.82) is 0 Å². The molecule has 2 aliphatic heterocycles. The molecule has 1 N–H and O–H groups in total. The molecule has 28 heavy (non-hydrogen) atoms. The minimum absolute atomic E-state index is 0.0101. The fourth-order valence-electron chi connectivity index (χ4n) is 5.26. The molecular weight excluding hydrogens is 350 g/mol. The highest BCUT2D eigenvalue weighted by molar-refractivity contribution is 6.07. The molecule has 0 bridgehead atoms. The third kappa shape index (κ3) is 3.82. The van der Waals surface area contributed by atoms with E-state index in [0.717, 1.165) is 64.0 Å². The highest BCUT2D eigenvalue weighted by Crippen LogP contribution is 2.38. The first-order chi connectivity index (χ1) is 13.6. The van der Waals surface area contributed by atoms with Gasteiger partial charge in [-0.25, -0.2) is 9.69 Å². The predicted molar refractivity (Wildman–Crippen MR) is 110 cm³/mol. The first kappa shape index (κ1) is 19.4. The van der Waals surface area contributed by atoms with Crippen LogP contribution in [0.15, 0.2) is 30.3 Å². The van der Waals surface area contributed by atoms with Gasteiger partial charge in [-0.15, -0.1) is 0 Å². The summed E-state index contributed by atoms with van der Waals surface area (Å²) < 4.78 is 0. The lowest BCUT2D eigenvalue weighted by atomic mass is 9.73.